The number of nitro groups is 1. The molecule has 0 saturated carbocycles. The first kappa shape index (κ1) is 18.5. The molecule has 7 nitrogen and oxygen atoms in total. The number of hydrogen-bond acceptors (Lipinski definition) is 5. The summed E-state index contributed by atoms with van der Waals surface area (Å²) < 4.78 is 11.1. The van der Waals surface area contributed by atoms with Crippen LogP contribution in [0.25, 0.3) is 0 Å². The van der Waals surface area contributed by atoms with E-state index in [1.165, 1.54) is 12.1 Å². The average Bonchev–Trinajstić information content (AvgIpc) is 2.76. The van der Waals surface area contributed by atoms with Gasteiger partial charge in [0.25, 0.3) is 11.6 Å². The largest absolute Gasteiger partial charge is 0.497 e. The van der Waals surface area contributed by atoms with Gasteiger partial charge in [-0.15, -0.1) is 0 Å². The minimum Gasteiger partial charge on any atom is -0.497 e. The SMILES string of the molecule is COc1ccc(N2C(=O)[C@H](Oc3ccccc3)[C@@H]2c2ccc([N+](=O)[O-])cc2)cc1. The van der Waals surface area contributed by atoms with E-state index in [1.807, 2.05) is 18.2 Å². The summed E-state index contributed by atoms with van der Waals surface area (Å²) in [7, 11) is 1.58. The Labute approximate surface area is 167 Å². The van der Waals surface area contributed by atoms with Crippen LogP contribution in [0.1, 0.15) is 11.6 Å². The molecule has 2 atom stereocenters. The van der Waals surface area contributed by atoms with E-state index in [-0.39, 0.29) is 11.6 Å². The molecular formula is C22H18N2O5. The van der Waals surface area contributed by atoms with Crippen molar-refractivity contribution in [3.05, 3.63) is 94.5 Å². The van der Waals surface area contributed by atoms with E-state index in [4.69, 9.17) is 9.47 Å². The molecule has 1 fully saturated rings. The van der Waals surface area contributed by atoms with Crippen LogP contribution in [0.3, 0.4) is 0 Å². The molecular weight excluding hydrogens is 372 g/mol. The van der Waals surface area contributed by atoms with Crippen molar-refractivity contribution in [2.45, 2.75) is 12.1 Å². The second-order valence-electron chi connectivity index (χ2n) is 6.55. The first-order valence-electron chi connectivity index (χ1n) is 9.01. The summed E-state index contributed by atoms with van der Waals surface area (Å²) in [4.78, 5) is 25.1. The first-order chi connectivity index (χ1) is 14.1. The maximum atomic E-state index is 12.9. The molecule has 0 aromatic heterocycles. The normalized spacial score (nSPS) is 18.1. The van der Waals surface area contributed by atoms with Crippen molar-refractivity contribution in [1.82, 2.24) is 0 Å². The van der Waals surface area contributed by atoms with E-state index in [2.05, 4.69) is 0 Å². The molecule has 3 aromatic rings. The number of carbonyl (C=O) groups excluding carboxylic acids is 1. The summed E-state index contributed by atoms with van der Waals surface area (Å²) in [6.07, 6.45) is -0.721. The van der Waals surface area contributed by atoms with Crippen LogP contribution < -0.4 is 14.4 Å². The van der Waals surface area contributed by atoms with E-state index in [1.54, 1.807) is 60.5 Å². The fourth-order valence-electron chi connectivity index (χ4n) is 3.37. The van der Waals surface area contributed by atoms with Gasteiger partial charge in [-0.25, -0.2) is 0 Å². The van der Waals surface area contributed by atoms with Crippen molar-refractivity contribution in [1.29, 1.82) is 0 Å². The Morgan fingerprint density at radius 1 is 0.897 bits per heavy atom. The van der Waals surface area contributed by atoms with Crippen molar-refractivity contribution >= 4 is 17.3 Å². The molecule has 0 unspecified atom stereocenters. The Morgan fingerprint density at radius 2 is 1.55 bits per heavy atom. The molecule has 29 heavy (non-hydrogen) atoms. The van der Waals surface area contributed by atoms with Gasteiger partial charge in [0.2, 0.25) is 6.10 Å². The lowest BCUT2D eigenvalue weighted by atomic mass is 9.89. The number of amides is 1. The molecule has 1 heterocycles. The predicted molar refractivity (Wildman–Crippen MR) is 107 cm³/mol. The lowest BCUT2D eigenvalue weighted by molar-refractivity contribution is -0.384. The van der Waals surface area contributed by atoms with Gasteiger partial charge in [-0.3, -0.25) is 19.8 Å². The molecule has 1 amide bonds. The Hall–Kier alpha value is -3.87. The number of hydrogen-bond donors (Lipinski definition) is 0. The highest BCUT2D eigenvalue weighted by Gasteiger charge is 2.51. The van der Waals surface area contributed by atoms with E-state index >= 15 is 0 Å². The quantitative estimate of drug-likeness (QED) is 0.359. The summed E-state index contributed by atoms with van der Waals surface area (Å²) in [5.74, 6) is 1.10. The van der Waals surface area contributed by atoms with Crippen LogP contribution in [0.5, 0.6) is 11.5 Å². The minimum absolute atomic E-state index is 0.00377. The number of rotatable bonds is 6. The van der Waals surface area contributed by atoms with Gasteiger partial charge in [0.1, 0.15) is 17.5 Å². The Kier molecular flexibility index (Phi) is 4.87. The highest BCUT2D eigenvalue weighted by molar-refractivity contribution is 6.05. The van der Waals surface area contributed by atoms with Crippen LogP contribution in [0.2, 0.25) is 0 Å². The minimum atomic E-state index is -0.721. The van der Waals surface area contributed by atoms with Crippen LogP contribution in [-0.2, 0) is 4.79 Å². The molecule has 7 heteroatoms. The maximum Gasteiger partial charge on any atom is 0.271 e. The van der Waals surface area contributed by atoms with Crippen LogP contribution >= 0.6 is 0 Å². The number of ether oxygens (including phenoxy) is 2. The number of nitro benzene ring substituents is 1. The highest BCUT2D eigenvalue weighted by atomic mass is 16.6. The number of methoxy groups -OCH3 is 1. The Bertz CT molecular complexity index is 1020. The summed E-state index contributed by atoms with van der Waals surface area (Å²) >= 11 is 0. The molecule has 146 valence electrons. The van der Waals surface area contributed by atoms with Gasteiger partial charge in [0.15, 0.2) is 0 Å². The number of benzene rings is 3. The summed E-state index contributed by atoms with van der Waals surface area (Å²) in [5, 5.41) is 11.0. The molecule has 3 aromatic carbocycles. The van der Waals surface area contributed by atoms with E-state index in [0.717, 1.165) is 5.56 Å². The molecule has 1 aliphatic rings. The summed E-state index contributed by atoms with van der Waals surface area (Å²) in [6, 6.07) is 22.1. The van der Waals surface area contributed by atoms with Crippen molar-refractivity contribution in [2.75, 3.05) is 12.0 Å². The second-order valence-corrected chi connectivity index (χ2v) is 6.55. The predicted octanol–water partition coefficient (Wildman–Crippen LogP) is 4.14. The maximum absolute atomic E-state index is 12.9. The fourth-order valence-corrected chi connectivity index (χ4v) is 3.37. The lowest BCUT2D eigenvalue weighted by Gasteiger charge is -2.46. The van der Waals surface area contributed by atoms with Crippen molar-refractivity contribution in [3.63, 3.8) is 0 Å². The first-order valence-corrected chi connectivity index (χ1v) is 9.01. The number of nitrogens with zero attached hydrogens (tertiary/aromatic N) is 2. The number of non-ortho nitro benzene ring substituents is 1. The number of carbonyl (C=O) groups is 1. The third kappa shape index (κ3) is 3.50. The lowest BCUT2D eigenvalue weighted by Crippen LogP contribution is -2.61. The van der Waals surface area contributed by atoms with Gasteiger partial charge in [-0.2, -0.15) is 0 Å². The van der Waals surface area contributed by atoms with Crippen LogP contribution in [0.15, 0.2) is 78.9 Å². The van der Waals surface area contributed by atoms with E-state index in [9.17, 15) is 14.9 Å². The van der Waals surface area contributed by atoms with E-state index in [0.29, 0.717) is 17.2 Å². The Balaban J connectivity index is 1.68. The van der Waals surface area contributed by atoms with Crippen LogP contribution in [0.4, 0.5) is 11.4 Å². The summed E-state index contributed by atoms with van der Waals surface area (Å²) in [5.41, 5.74) is 1.45. The van der Waals surface area contributed by atoms with Gasteiger partial charge in [0.05, 0.1) is 12.0 Å². The highest BCUT2D eigenvalue weighted by Crippen LogP contribution is 2.42. The molecule has 0 N–H and O–H groups in total. The number of anilines is 1. The third-order valence-corrected chi connectivity index (χ3v) is 4.85. The van der Waals surface area contributed by atoms with Gasteiger partial charge in [-0.1, -0.05) is 18.2 Å². The average molecular weight is 390 g/mol. The zero-order valence-corrected chi connectivity index (χ0v) is 15.6. The zero-order valence-electron chi connectivity index (χ0n) is 15.6. The van der Waals surface area contributed by atoms with E-state index < -0.39 is 17.1 Å². The van der Waals surface area contributed by atoms with Crippen molar-refractivity contribution < 1.29 is 19.2 Å². The standard InChI is InChI=1S/C22H18N2O5/c1-28-18-13-11-16(12-14-18)23-20(15-7-9-17(10-8-15)24(26)27)21(22(23)25)29-19-5-3-2-4-6-19/h2-14,20-21H,1H3/t20-,21+/m0/s1. The second kappa shape index (κ2) is 7.63. The smallest absolute Gasteiger partial charge is 0.271 e. The van der Waals surface area contributed by atoms with Gasteiger partial charge in [0, 0.05) is 17.8 Å². The van der Waals surface area contributed by atoms with Gasteiger partial charge < -0.3 is 9.47 Å². The number of para-hydroxylation sites is 1. The molecule has 0 bridgehead atoms. The zero-order chi connectivity index (χ0) is 20.4. The number of β-lactam (4-membered cyclic amide) rings is 1. The van der Waals surface area contributed by atoms with Crippen LogP contribution in [0, 0.1) is 10.1 Å². The molecule has 0 radical (unpaired) electrons. The summed E-state index contributed by atoms with van der Waals surface area (Å²) in [6.45, 7) is 0. The molecule has 1 saturated heterocycles. The van der Waals surface area contributed by atoms with Crippen molar-refractivity contribution in [3.8, 4) is 11.5 Å². The topological polar surface area (TPSA) is 81.9 Å². The molecule has 4 rings (SSSR count). The molecule has 0 spiro atoms. The molecule has 0 aliphatic carbocycles. The molecule has 1 aliphatic heterocycles. The van der Waals surface area contributed by atoms with Crippen molar-refractivity contribution in [2.24, 2.45) is 0 Å². The monoisotopic (exact) mass is 390 g/mol. The fraction of sp³-hybridized carbons (Fsp3) is 0.136. The third-order valence-electron chi connectivity index (χ3n) is 4.85. The van der Waals surface area contributed by atoms with Gasteiger partial charge in [-0.05, 0) is 54.1 Å². The van der Waals surface area contributed by atoms with Gasteiger partial charge >= 0.3 is 0 Å². The Morgan fingerprint density at radius 3 is 2.14 bits per heavy atom. The van der Waals surface area contributed by atoms with Crippen LogP contribution in [-0.4, -0.2) is 24.0 Å².